The van der Waals surface area contributed by atoms with Crippen molar-refractivity contribution in [3.8, 4) is 0 Å². The van der Waals surface area contributed by atoms with Gasteiger partial charge in [-0.1, -0.05) is 23.7 Å². The predicted molar refractivity (Wildman–Crippen MR) is 82.6 cm³/mol. The van der Waals surface area contributed by atoms with Gasteiger partial charge in [-0.3, -0.25) is 4.90 Å². The second-order valence-corrected chi connectivity index (χ2v) is 5.49. The van der Waals surface area contributed by atoms with E-state index in [4.69, 9.17) is 10.9 Å². The zero-order valence-electron chi connectivity index (χ0n) is 12.5. The van der Waals surface area contributed by atoms with Crippen LogP contribution in [0.2, 0.25) is 0 Å². The third-order valence-electron chi connectivity index (χ3n) is 4.12. The van der Waals surface area contributed by atoms with E-state index in [2.05, 4.69) is 41.1 Å². The molecule has 1 aliphatic rings. The standard InChI is InChI=1S/C15H24N4O/c1-4-12-10-19(8-7-18(12)3)14-6-5-11(2)9-13(14)15(16)17-20/h5-6,9,12,20H,4,7-8,10H2,1-3H3,(H2,16,17). The van der Waals surface area contributed by atoms with E-state index < -0.39 is 0 Å². The molecule has 1 aliphatic heterocycles. The Labute approximate surface area is 120 Å². The molecule has 0 aliphatic carbocycles. The highest BCUT2D eigenvalue weighted by atomic mass is 16.4. The highest BCUT2D eigenvalue weighted by Crippen LogP contribution is 2.25. The summed E-state index contributed by atoms with van der Waals surface area (Å²) >= 11 is 0. The van der Waals surface area contributed by atoms with Gasteiger partial charge in [-0.05, 0) is 32.5 Å². The Balaban J connectivity index is 2.33. The van der Waals surface area contributed by atoms with E-state index in [-0.39, 0.29) is 5.84 Å². The zero-order chi connectivity index (χ0) is 14.7. The van der Waals surface area contributed by atoms with E-state index >= 15 is 0 Å². The quantitative estimate of drug-likeness (QED) is 0.381. The van der Waals surface area contributed by atoms with Gasteiger partial charge in [0.25, 0.3) is 0 Å². The molecule has 0 bridgehead atoms. The maximum atomic E-state index is 8.98. The summed E-state index contributed by atoms with van der Waals surface area (Å²) in [5.74, 6) is 0.177. The van der Waals surface area contributed by atoms with E-state index in [0.29, 0.717) is 6.04 Å². The van der Waals surface area contributed by atoms with E-state index in [0.717, 1.165) is 42.9 Å². The molecular formula is C15H24N4O. The van der Waals surface area contributed by atoms with Gasteiger partial charge in [0.2, 0.25) is 0 Å². The highest BCUT2D eigenvalue weighted by molar-refractivity contribution is 6.02. The molecule has 0 spiro atoms. The number of amidine groups is 1. The number of nitrogens with zero attached hydrogens (tertiary/aromatic N) is 3. The van der Waals surface area contributed by atoms with Crippen LogP contribution >= 0.6 is 0 Å². The summed E-state index contributed by atoms with van der Waals surface area (Å²) in [6.07, 6.45) is 1.12. The second kappa shape index (κ2) is 6.13. The summed E-state index contributed by atoms with van der Waals surface area (Å²) in [6, 6.07) is 6.66. The summed E-state index contributed by atoms with van der Waals surface area (Å²) in [7, 11) is 2.17. The molecule has 20 heavy (non-hydrogen) atoms. The number of anilines is 1. The lowest BCUT2D eigenvalue weighted by Crippen LogP contribution is -2.51. The number of likely N-dealkylation sites (N-methyl/N-ethyl adjacent to an activating group) is 1. The molecule has 1 saturated heterocycles. The first kappa shape index (κ1) is 14.7. The summed E-state index contributed by atoms with van der Waals surface area (Å²) in [4.78, 5) is 4.73. The van der Waals surface area contributed by atoms with Crippen LogP contribution in [0.4, 0.5) is 5.69 Å². The highest BCUT2D eigenvalue weighted by Gasteiger charge is 2.25. The molecule has 5 heteroatoms. The lowest BCUT2D eigenvalue weighted by Gasteiger charge is -2.41. The Morgan fingerprint density at radius 2 is 2.20 bits per heavy atom. The monoisotopic (exact) mass is 276 g/mol. The van der Waals surface area contributed by atoms with Crippen molar-refractivity contribution in [2.24, 2.45) is 10.9 Å². The minimum atomic E-state index is 0.177. The first-order valence-corrected chi connectivity index (χ1v) is 7.10. The van der Waals surface area contributed by atoms with Crippen LogP contribution in [0.25, 0.3) is 0 Å². The summed E-state index contributed by atoms with van der Waals surface area (Å²) in [6.45, 7) is 7.19. The fourth-order valence-electron chi connectivity index (χ4n) is 2.79. The molecule has 1 atom stereocenters. The van der Waals surface area contributed by atoms with Crippen LogP contribution < -0.4 is 10.6 Å². The molecule has 3 N–H and O–H groups in total. The van der Waals surface area contributed by atoms with Gasteiger partial charge in [0.15, 0.2) is 5.84 Å². The van der Waals surface area contributed by atoms with Gasteiger partial charge in [0.05, 0.1) is 0 Å². The molecule has 2 rings (SSSR count). The van der Waals surface area contributed by atoms with Gasteiger partial charge < -0.3 is 15.8 Å². The lowest BCUT2D eigenvalue weighted by atomic mass is 10.0. The predicted octanol–water partition coefficient (Wildman–Crippen LogP) is 1.62. The Morgan fingerprint density at radius 1 is 1.45 bits per heavy atom. The summed E-state index contributed by atoms with van der Waals surface area (Å²) < 4.78 is 0. The first-order chi connectivity index (χ1) is 9.56. The van der Waals surface area contributed by atoms with Crippen LogP contribution in [0.3, 0.4) is 0 Å². The maximum Gasteiger partial charge on any atom is 0.172 e. The maximum absolute atomic E-state index is 8.98. The minimum absolute atomic E-state index is 0.177. The SMILES string of the molecule is CCC1CN(c2ccc(C)cc2/C(N)=N/O)CCN1C. The number of piperazine rings is 1. The third-order valence-corrected chi connectivity index (χ3v) is 4.12. The molecule has 0 aromatic heterocycles. The smallest absolute Gasteiger partial charge is 0.172 e. The molecule has 110 valence electrons. The van der Waals surface area contributed by atoms with Gasteiger partial charge in [-0.25, -0.2) is 0 Å². The Kier molecular flexibility index (Phi) is 4.49. The van der Waals surface area contributed by atoms with Crippen molar-refractivity contribution in [1.29, 1.82) is 0 Å². The normalized spacial score (nSPS) is 21.2. The van der Waals surface area contributed by atoms with Crippen molar-refractivity contribution in [3.63, 3.8) is 0 Å². The third kappa shape index (κ3) is 2.88. The number of rotatable bonds is 3. The molecule has 0 saturated carbocycles. The molecule has 0 amide bonds. The first-order valence-electron chi connectivity index (χ1n) is 7.10. The van der Waals surface area contributed by atoms with Crippen molar-refractivity contribution in [2.45, 2.75) is 26.3 Å². The largest absolute Gasteiger partial charge is 0.409 e. The van der Waals surface area contributed by atoms with Crippen molar-refractivity contribution in [1.82, 2.24) is 4.90 Å². The van der Waals surface area contributed by atoms with Crippen molar-refractivity contribution >= 4 is 11.5 Å². The summed E-state index contributed by atoms with van der Waals surface area (Å²) in [5, 5.41) is 12.1. The van der Waals surface area contributed by atoms with E-state index in [9.17, 15) is 0 Å². The number of benzene rings is 1. The average Bonchev–Trinajstić information content (AvgIpc) is 2.47. The van der Waals surface area contributed by atoms with Crippen LogP contribution in [0.1, 0.15) is 24.5 Å². The van der Waals surface area contributed by atoms with Crippen molar-refractivity contribution in [2.75, 3.05) is 31.6 Å². The minimum Gasteiger partial charge on any atom is -0.409 e. The number of oxime groups is 1. The number of nitrogens with two attached hydrogens (primary N) is 1. The average molecular weight is 276 g/mol. The molecule has 1 unspecified atom stereocenters. The molecule has 1 aromatic carbocycles. The number of hydrogen-bond donors (Lipinski definition) is 2. The van der Waals surface area contributed by atoms with Crippen LogP contribution in [-0.2, 0) is 0 Å². The van der Waals surface area contributed by atoms with E-state index in [1.165, 1.54) is 0 Å². The molecule has 1 fully saturated rings. The van der Waals surface area contributed by atoms with Crippen LogP contribution in [0.5, 0.6) is 0 Å². The molecular weight excluding hydrogens is 252 g/mol. The second-order valence-electron chi connectivity index (χ2n) is 5.49. The summed E-state index contributed by atoms with van der Waals surface area (Å²) in [5.41, 5.74) is 8.80. The Hall–Kier alpha value is -1.75. The van der Waals surface area contributed by atoms with E-state index in [1.54, 1.807) is 0 Å². The fraction of sp³-hybridized carbons (Fsp3) is 0.533. The molecule has 1 heterocycles. The molecule has 0 radical (unpaired) electrons. The zero-order valence-corrected chi connectivity index (χ0v) is 12.5. The fourth-order valence-corrected chi connectivity index (χ4v) is 2.79. The Morgan fingerprint density at radius 3 is 2.85 bits per heavy atom. The number of aryl methyl sites for hydroxylation is 1. The van der Waals surface area contributed by atoms with E-state index in [1.807, 2.05) is 13.0 Å². The van der Waals surface area contributed by atoms with Gasteiger partial charge >= 0.3 is 0 Å². The van der Waals surface area contributed by atoms with Gasteiger partial charge in [-0.15, -0.1) is 0 Å². The van der Waals surface area contributed by atoms with Crippen molar-refractivity contribution < 1.29 is 5.21 Å². The van der Waals surface area contributed by atoms with Crippen molar-refractivity contribution in [3.05, 3.63) is 29.3 Å². The van der Waals surface area contributed by atoms with Crippen LogP contribution in [-0.4, -0.2) is 48.7 Å². The topological polar surface area (TPSA) is 65.1 Å². The van der Waals surface area contributed by atoms with Crippen LogP contribution in [0, 0.1) is 6.92 Å². The molecule has 5 nitrogen and oxygen atoms in total. The molecule has 1 aromatic rings. The van der Waals surface area contributed by atoms with Crippen LogP contribution in [0.15, 0.2) is 23.4 Å². The van der Waals surface area contributed by atoms with Gasteiger partial charge in [0, 0.05) is 36.9 Å². The number of hydrogen-bond acceptors (Lipinski definition) is 4. The van der Waals surface area contributed by atoms with Gasteiger partial charge in [-0.2, -0.15) is 0 Å². The Bertz CT molecular complexity index is 501. The van der Waals surface area contributed by atoms with Gasteiger partial charge in [0.1, 0.15) is 0 Å². The lowest BCUT2D eigenvalue weighted by molar-refractivity contribution is 0.213.